The van der Waals surface area contributed by atoms with Crippen molar-refractivity contribution < 1.29 is 4.74 Å². The minimum absolute atomic E-state index is 0.300. The van der Waals surface area contributed by atoms with Crippen LogP contribution in [-0.4, -0.2) is 18.7 Å². The third-order valence-electron chi connectivity index (χ3n) is 4.43. The maximum atomic E-state index is 6.35. The smallest absolute Gasteiger partial charge is 0.120 e. The van der Waals surface area contributed by atoms with E-state index in [1.807, 2.05) is 0 Å². The summed E-state index contributed by atoms with van der Waals surface area (Å²) in [6, 6.07) is 15.4. The van der Waals surface area contributed by atoms with E-state index in [2.05, 4.69) is 54.7 Å². The number of benzene rings is 2. The largest absolute Gasteiger partial charge is 0.489 e. The molecule has 2 heteroatoms. The third-order valence-corrected chi connectivity index (χ3v) is 4.43. The van der Waals surface area contributed by atoms with E-state index in [9.17, 15) is 0 Å². The summed E-state index contributed by atoms with van der Waals surface area (Å²) in [5.41, 5.74) is 0. The molecule has 2 atom stereocenters. The Morgan fingerprint density at radius 2 is 1.81 bits per heavy atom. The van der Waals surface area contributed by atoms with E-state index >= 15 is 0 Å². The monoisotopic (exact) mass is 283 g/mol. The lowest BCUT2D eigenvalue weighted by atomic mass is 10.1. The van der Waals surface area contributed by atoms with Gasteiger partial charge in [-0.25, -0.2) is 0 Å². The quantitative estimate of drug-likeness (QED) is 0.832. The fraction of sp³-hybridized carbons (Fsp3) is 0.474. The number of ether oxygens (including phenoxy) is 1. The molecule has 0 radical (unpaired) electrons. The highest BCUT2D eigenvalue weighted by atomic mass is 16.5. The molecular weight excluding hydrogens is 258 g/mol. The maximum Gasteiger partial charge on any atom is 0.120 e. The standard InChI is InChI=1S/C19H25NO/c1-2-20-18-10-4-3-5-11-19(18)21-17-13-12-15-8-6-7-9-16(15)14-17/h6-9,12-14,18-20H,2-5,10-11H2,1H3. The van der Waals surface area contributed by atoms with E-state index in [0.717, 1.165) is 18.7 Å². The lowest BCUT2D eigenvalue weighted by Crippen LogP contribution is -2.42. The Balaban J connectivity index is 1.78. The number of likely N-dealkylation sites (N-methyl/N-ethyl adjacent to an activating group) is 1. The maximum absolute atomic E-state index is 6.35. The summed E-state index contributed by atoms with van der Waals surface area (Å²) in [5, 5.41) is 6.13. The van der Waals surface area contributed by atoms with Crippen LogP contribution in [0.2, 0.25) is 0 Å². The van der Waals surface area contributed by atoms with Gasteiger partial charge in [-0.1, -0.05) is 50.1 Å². The topological polar surface area (TPSA) is 21.3 Å². The second kappa shape index (κ2) is 6.95. The van der Waals surface area contributed by atoms with Crippen molar-refractivity contribution >= 4 is 10.8 Å². The van der Waals surface area contributed by atoms with Crippen LogP contribution in [0.1, 0.15) is 39.0 Å². The van der Waals surface area contributed by atoms with Gasteiger partial charge in [0.2, 0.25) is 0 Å². The first-order chi connectivity index (χ1) is 10.4. The summed E-state index contributed by atoms with van der Waals surface area (Å²) < 4.78 is 6.35. The number of fused-ring (bicyclic) bond motifs is 1. The van der Waals surface area contributed by atoms with Crippen molar-refractivity contribution in [2.75, 3.05) is 6.54 Å². The van der Waals surface area contributed by atoms with Crippen LogP contribution in [0.4, 0.5) is 0 Å². The molecule has 0 heterocycles. The van der Waals surface area contributed by atoms with E-state index in [-0.39, 0.29) is 0 Å². The van der Waals surface area contributed by atoms with E-state index in [4.69, 9.17) is 4.74 Å². The summed E-state index contributed by atoms with van der Waals surface area (Å²) in [6.07, 6.45) is 6.61. The number of rotatable bonds is 4. The third kappa shape index (κ3) is 3.56. The number of hydrogen-bond acceptors (Lipinski definition) is 2. The summed E-state index contributed by atoms with van der Waals surface area (Å²) in [7, 11) is 0. The molecule has 1 aliphatic carbocycles. The van der Waals surface area contributed by atoms with Gasteiger partial charge in [0.1, 0.15) is 11.9 Å². The fourth-order valence-corrected chi connectivity index (χ4v) is 3.33. The Kier molecular flexibility index (Phi) is 4.76. The van der Waals surface area contributed by atoms with Crippen LogP contribution in [0.15, 0.2) is 42.5 Å². The van der Waals surface area contributed by atoms with Gasteiger partial charge in [-0.3, -0.25) is 0 Å². The lowest BCUT2D eigenvalue weighted by molar-refractivity contribution is 0.146. The van der Waals surface area contributed by atoms with Gasteiger partial charge in [-0.2, -0.15) is 0 Å². The lowest BCUT2D eigenvalue weighted by Gasteiger charge is -2.27. The zero-order valence-corrected chi connectivity index (χ0v) is 12.8. The summed E-state index contributed by atoms with van der Waals surface area (Å²) in [4.78, 5) is 0. The molecule has 1 fully saturated rings. The summed E-state index contributed by atoms with van der Waals surface area (Å²) in [5.74, 6) is 1.00. The van der Waals surface area contributed by atoms with Crippen molar-refractivity contribution in [2.45, 2.75) is 51.2 Å². The Hall–Kier alpha value is -1.54. The molecule has 0 aliphatic heterocycles. The molecule has 0 spiro atoms. The van der Waals surface area contributed by atoms with Gasteiger partial charge >= 0.3 is 0 Å². The zero-order chi connectivity index (χ0) is 14.5. The minimum atomic E-state index is 0.300. The first-order valence-electron chi connectivity index (χ1n) is 8.25. The molecule has 0 bridgehead atoms. The summed E-state index contributed by atoms with van der Waals surface area (Å²) >= 11 is 0. The van der Waals surface area contributed by atoms with Crippen molar-refractivity contribution in [3.05, 3.63) is 42.5 Å². The SMILES string of the molecule is CCNC1CCCCCC1Oc1ccc2ccccc2c1. The zero-order valence-electron chi connectivity index (χ0n) is 12.8. The Labute approximate surface area is 127 Å². The van der Waals surface area contributed by atoms with Gasteiger partial charge in [-0.05, 0) is 48.7 Å². The molecule has 1 N–H and O–H groups in total. The molecular formula is C19H25NO. The molecule has 2 unspecified atom stereocenters. The Morgan fingerprint density at radius 1 is 1.00 bits per heavy atom. The molecule has 2 nitrogen and oxygen atoms in total. The van der Waals surface area contributed by atoms with Gasteiger partial charge in [0.05, 0.1) is 0 Å². The Morgan fingerprint density at radius 3 is 2.67 bits per heavy atom. The van der Waals surface area contributed by atoms with Crippen LogP contribution < -0.4 is 10.1 Å². The van der Waals surface area contributed by atoms with Crippen molar-refractivity contribution in [1.82, 2.24) is 5.32 Å². The molecule has 0 saturated heterocycles. The highest BCUT2D eigenvalue weighted by Gasteiger charge is 2.24. The number of nitrogens with one attached hydrogen (secondary N) is 1. The second-order valence-corrected chi connectivity index (χ2v) is 5.97. The van der Waals surface area contributed by atoms with Crippen molar-refractivity contribution in [1.29, 1.82) is 0 Å². The normalized spacial score (nSPS) is 22.9. The minimum Gasteiger partial charge on any atom is -0.489 e. The molecule has 1 aliphatic rings. The predicted molar refractivity (Wildman–Crippen MR) is 88.9 cm³/mol. The van der Waals surface area contributed by atoms with Gasteiger partial charge in [0, 0.05) is 6.04 Å². The fourth-order valence-electron chi connectivity index (χ4n) is 3.33. The average Bonchev–Trinajstić information content (AvgIpc) is 2.73. The highest BCUT2D eigenvalue weighted by molar-refractivity contribution is 5.83. The van der Waals surface area contributed by atoms with E-state index in [1.54, 1.807) is 0 Å². The second-order valence-electron chi connectivity index (χ2n) is 5.97. The molecule has 2 aromatic carbocycles. The molecule has 21 heavy (non-hydrogen) atoms. The van der Waals surface area contributed by atoms with Crippen molar-refractivity contribution in [2.24, 2.45) is 0 Å². The van der Waals surface area contributed by atoms with Crippen LogP contribution in [0.3, 0.4) is 0 Å². The highest BCUT2D eigenvalue weighted by Crippen LogP contribution is 2.26. The van der Waals surface area contributed by atoms with Gasteiger partial charge in [0.15, 0.2) is 0 Å². The van der Waals surface area contributed by atoms with Crippen LogP contribution in [0.5, 0.6) is 5.75 Å². The molecule has 0 aromatic heterocycles. The van der Waals surface area contributed by atoms with Crippen molar-refractivity contribution in [3.63, 3.8) is 0 Å². The first kappa shape index (κ1) is 14.4. The van der Waals surface area contributed by atoms with Crippen LogP contribution >= 0.6 is 0 Å². The van der Waals surface area contributed by atoms with Gasteiger partial charge < -0.3 is 10.1 Å². The molecule has 2 aromatic rings. The van der Waals surface area contributed by atoms with Gasteiger partial charge in [0.25, 0.3) is 0 Å². The van der Waals surface area contributed by atoms with E-state index in [1.165, 1.54) is 36.5 Å². The average molecular weight is 283 g/mol. The molecule has 0 amide bonds. The molecule has 112 valence electrons. The van der Waals surface area contributed by atoms with Crippen LogP contribution in [0, 0.1) is 0 Å². The van der Waals surface area contributed by atoms with Crippen LogP contribution in [0.25, 0.3) is 10.8 Å². The molecule has 3 rings (SSSR count). The van der Waals surface area contributed by atoms with Gasteiger partial charge in [-0.15, -0.1) is 0 Å². The summed E-state index contributed by atoms with van der Waals surface area (Å²) in [6.45, 7) is 3.19. The van der Waals surface area contributed by atoms with Crippen LogP contribution in [-0.2, 0) is 0 Å². The first-order valence-corrected chi connectivity index (χ1v) is 8.25. The molecule has 1 saturated carbocycles. The Bertz CT molecular complexity index is 581. The van der Waals surface area contributed by atoms with E-state index < -0.39 is 0 Å². The van der Waals surface area contributed by atoms with Crippen molar-refractivity contribution in [3.8, 4) is 5.75 Å². The number of hydrogen-bond donors (Lipinski definition) is 1. The van der Waals surface area contributed by atoms with E-state index in [0.29, 0.717) is 12.1 Å². The predicted octanol–water partition coefficient (Wildman–Crippen LogP) is 4.53.